The summed E-state index contributed by atoms with van der Waals surface area (Å²) in [6, 6.07) is 0. The first-order valence-electron chi connectivity index (χ1n) is 7.53. The Hall–Kier alpha value is -1.81. The number of amides is 1. The van der Waals surface area contributed by atoms with Crippen LogP contribution in [0.3, 0.4) is 0 Å². The van der Waals surface area contributed by atoms with Crippen LogP contribution in [0.5, 0.6) is 0 Å². The number of hydrogen-bond acceptors (Lipinski definition) is 7. The number of aromatic nitrogens is 2. The van der Waals surface area contributed by atoms with Crippen LogP contribution in [-0.2, 0) is 25.0 Å². The molecule has 0 spiro atoms. The number of hydrogen-bond donors (Lipinski definition) is 3. The summed E-state index contributed by atoms with van der Waals surface area (Å²) in [6.45, 7) is 2.69. The van der Waals surface area contributed by atoms with E-state index in [0.29, 0.717) is 10.8 Å². The molecule has 0 saturated heterocycles. The smallest absolute Gasteiger partial charge is 0.333 e. The predicted molar refractivity (Wildman–Crippen MR) is 86.0 cm³/mol. The van der Waals surface area contributed by atoms with Crippen LogP contribution < -0.4 is 16.6 Å². The van der Waals surface area contributed by atoms with E-state index in [9.17, 15) is 28.4 Å². The maximum atomic E-state index is 13.1. The number of H-pyrrole nitrogens is 1. The maximum Gasteiger partial charge on any atom is 0.333 e. The highest BCUT2D eigenvalue weighted by Gasteiger charge is 2.27. The molecule has 10 nitrogen and oxygen atoms in total. The fourth-order valence-corrected chi connectivity index (χ4v) is 3.62. The Morgan fingerprint density at radius 2 is 2.00 bits per heavy atom. The van der Waals surface area contributed by atoms with Gasteiger partial charge < -0.3 is 19.5 Å². The fraction of sp³-hybridized carbons (Fsp3) is 0.615. The molecule has 0 aliphatic rings. The first-order valence-corrected chi connectivity index (χ1v) is 9.25. The largest absolute Gasteiger partial charge is 0.391 e. The number of aliphatic hydroxyl groups excluding tert-OH is 1. The van der Waals surface area contributed by atoms with Gasteiger partial charge in [-0.2, -0.15) is 4.39 Å². The molecule has 142 valence electrons. The number of carbonyl (C=O) groups is 1. The van der Waals surface area contributed by atoms with E-state index in [1.807, 2.05) is 0 Å². The first kappa shape index (κ1) is 21.2. The number of halogens is 1. The van der Waals surface area contributed by atoms with Crippen molar-refractivity contribution < 1.29 is 27.9 Å². The van der Waals surface area contributed by atoms with E-state index in [0.717, 1.165) is 0 Å². The molecule has 1 aromatic heterocycles. The van der Waals surface area contributed by atoms with Crippen LogP contribution in [0.25, 0.3) is 0 Å². The lowest BCUT2D eigenvalue weighted by Crippen LogP contribution is -2.39. The first-order chi connectivity index (χ1) is 11.7. The van der Waals surface area contributed by atoms with Crippen molar-refractivity contribution in [2.45, 2.75) is 26.5 Å². The van der Waals surface area contributed by atoms with Crippen molar-refractivity contribution in [1.82, 2.24) is 14.9 Å². The van der Waals surface area contributed by atoms with Gasteiger partial charge in [-0.05, 0) is 13.8 Å². The van der Waals surface area contributed by atoms with Crippen LogP contribution in [0.15, 0.2) is 15.8 Å². The van der Waals surface area contributed by atoms with E-state index in [4.69, 9.17) is 9.05 Å². The molecule has 0 fully saturated rings. The molecule has 0 bridgehead atoms. The summed E-state index contributed by atoms with van der Waals surface area (Å²) in [5.41, 5.74) is -2.13. The second-order valence-electron chi connectivity index (χ2n) is 4.95. The molecule has 3 N–H and O–H groups in total. The van der Waals surface area contributed by atoms with Gasteiger partial charge in [0.05, 0.1) is 31.7 Å². The van der Waals surface area contributed by atoms with Crippen molar-refractivity contribution >= 4 is 13.5 Å². The molecule has 0 radical (unpaired) electrons. The van der Waals surface area contributed by atoms with E-state index in [1.165, 1.54) is 0 Å². The molecule has 25 heavy (non-hydrogen) atoms. The van der Waals surface area contributed by atoms with Gasteiger partial charge in [0.2, 0.25) is 11.7 Å². The Morgan fingerprint density at radius 3 is 2.56 bits per heavy atom. The summed E-state index contributed by atoms with van der Waals surface area (Å²) in [4.78, 5) is 35.8. The van der Waals surface area contributed by atoms with Gasteiger partial charge in [0.15, 0.2) is 0 Å². The van der Waals surface area contributed by atoms with Gasteiger partial charge in [0, 0.05) is 6.54 Å². The highest BCUT2D eigenvalue weighted by molar-refractivity contribution is 7.53. The van der Waals surface area contributed by atoms with Gasteiger partial charge in [0.1, 0.15) is 6.54 Å². The average molecular weight is 381 g/mol. The van der Waals surface area contributed by atoms with Crippen molar-refractivity contribution in [3.8, 4) is 0 Å². The zero-order chi connectivity index (χ0) is 19.0. The minimum absolute atomic E-state index is 0.136. The lowest BCUT2D eigenvalue weighted by molar-refractivity contribution is -0.122. The second-order valence-corrected chi connectivity index (χ2v) is 7.05. The monoisotopic (exact) mass is 381 g/mol. The Bertz CT molecular complexity index is 738. The normalized spacial score (nSPS) is 12.8. The summed E-state index contributed by atoms with van der Waals surface area (Å²) >= 11 is 0. The quantitative estimate of drug-likeness (QED) is 0.461. The van der Waals surface area contributed by atoms with Crippen molar-refractivity contribution in [3.05, 3.63) is 32.9 Å². The Balaban J connectivity index is 2.58. The van der Waals surface area contributed by atoms with Gasteiger partial charge in [-0.3, -0.25) is 23.7 Å². The van der Waals surface area contributed by atoms with Gasteiger partial charge in [0.25, 0.3) is 5.56 Å². The van der Waals surface area contributed by atoms with Crippen molar-refractivity contribution in [2.75, 3.05) is 25.9 Å². The standard InChI is InChI=1S/C13H21FN3O7P/c1-3-23-25(22,24-4-2)8-9(18)5-15-11(19)7-17-6-10(14)12(20)16-13(17)21/h6,9,18H,3-5,7-8H2,1-2H3,(H,15,19)(H,16,20,21). The number of rotatable bonds is 10. The molecule has 1 aromatic rings. The summed E-state index contributed by atoms with van der Waals surface area (Å²) in [5, 5.41) is 12.2. The van der Waals surface area contributed by atoms with Crippen LogP contribution in [0, 0.1) is 5.82 Å². The fourth-order valence-electron chi connectivity index (χ4n) is 1.90. The average Bonchev–Trinajstić information content (AvgIpc) is 2.51. The SMILES string of the molecule is CCOP(=O)(CC(O)CNC(=O)Cn1cc(F)c(=O)[nH]c1=O)OCC. The minimum Gasteiger partial charge on any atom is -0.391 e. The van der Waals surface area contributed by atoms with E-state index in [-0.39, 0.29) is 25.9 Å². The van der Waals surface area contributed by atoms with Crippen LogP contribution in [-0.4, -0.2) is 52.6 Å². The molecule has 1 atom stereocenters. The van der Waals surface area contributed by atoms with Crippen LogP contribution in [0.2, 0.25) is 0 Å². The minimum atomic E-state index is -3.47. The van der Waals surface area contributed by atoms with Crippen molar-refractivity contribution in [1.29, 1.82) is 0 Å². The summed E-state index contributed by atoms with van der Waals surface area (Å²) in [5.74, 6) is -1.92. The van der Waals surface area contributed by atoms with Gasteiger partial charge >= 0.3 is 13.3 Å². The number of aromatic amines is 1. The number of aliphatic hydroxyl groups is 1. The Labute approximate surface area is 142 Å². The molecule has 1 heterocycles. The topological polar surface area (TPSA) is 140 Å². The number of carbonyl (C=O) groups excluding carboxylic acids is 1. The molecule has 0 aliphatic carbocycles. The van der Waals surface area contributed by atoms with Crippen LogP contribution >= 0.6 is 7.60 Å². The van der Waals surface area contributed by atoms with E-state index in [1.54, 1.807) is 18.8 Å². The van der Waals surface area contributed by atoms with Crippen molar-refractivity contribution in [2.24, 2.45) is 0 Å². The molecular weight excluding hydrogens is 360 g/mol. The van der Waals surface area contributed by atoms with Crippen molar-refractivity contribution in [3.63, 3.8) is 0 Å². The molecule has 0 aromatic carbocycles. The molecule has 12 heteroatoms. The van der Waals surface area contributed by atoms with Crippen LogP contribution in [0.4, 0.5) is 4.39 Å². The highest BCUT2D eigenvalue weighted by atomic mass is 31.2. The lowest BCUT2D eigenvalue weighted by Gasteiger charge is -2.20. The third-order valence-corrected chi connectivity index (χ3v) is 5.07. The molecule has 1 amide bonds. The highest BCUT2D eigenvalue weighted by Crippen LogP contribution is 2.48. The number of nitrogens with zero attached hydrogens (tertiary/aromatic N) is 1. The Morgan fingerprint density at radius 1 is 1.40 bits per heavy atom. The van der Waals surface area contributed by atoms with E-state index in [2.05, 4.69) is 5.32 Å². The molecule has 1 unspecified atom stereocenters. The molecule has 0 saturated carbocycles. The van der Waals surface area contributed by atoms with E-state index >= 15 is 0 Å². The second kappa shape index (κ2) is 9.62. The Kier molecular flexibility index (Phi) is 8.17. The number of nitrogens with one attached hydrogen (secondary N) is 2. The van der Waals surface area contributed by atoms with Gasteiger partial charge in [-0.25, -0.2) is 4.79 Å². The maximum absolute atomic E-state index is 13.1. The predicted octanol–water partition coefficient (Wildman–Crippen LogP) is -0.581. The molecular formula is C13H21FN3O7P. The summed E-state index contributed by atoms with van der Waals surface area (Å²) in [6.07, 6.45) is -0.922. The zero-order valence-corrected chi connectivity index (χ0v) is 14.8. The van der Waals surface area contributed by atoms with E-state index < -0.39 is 43.2 Å². The third kappa shape index (κ3) is 6.91. The summed E-state index contributed by atoms with van der Waals surface area (Å²) in [7, 11) is -3.47. The molecule has 1 rings (SSSR count). The zero-order valence-electron chi connectivity index (χ0n) is 13.9. The molecule has 0 aliphatic heterocycles. The van der Waals surface area contributed by atoms with Gasteiger partial charge in [-0.15, -0.1) is 0 Å². The lowest BCUT2D eigenvalue weighted by atomic mass is 10.4. The van der Waals surface area contributed by atoms with Gasteiger partial charge in [-0.1, -0.05) is 0 Å². The van der Waals surface area contributed by atoms with Crippen LogP contribution in [0.1, 0.15) is 13.8 Å². The third-order valence-electron chi connectivity index (χ3n) is 2.90. The summed E-state index contributed by atoms with van der Waals surface area (Å²) < 4.78 is 36.1.